The van der Waals surface area contributed by atoms with Crippen LogP contribution in [-0.4, -0.2) is 36.2 Å². The molecule has 0 bridgehead atoms. The van der Waals surface area contributed by atoms with E-state index < -0.39 is 13.2 Å². The summed E-state index contributed by atoms with van der Waals surface area (Å²) in [6, 6.07) is 31.2. The average Bonchev–Trinajstić information content (AvgIpc) is 2.82. The normalized spacial score (nSPS) is 11.3. The van der Waals surface area contributed by atoms with Gasteiger partial charge in [-0.1, -0.05) is 67.4 Å². The van der Waals surface area contributed by atoms with Crippen LogP contribution in [0.2, 0.25) is 0 Å². The molecule has 0 saturated heterocycles. The van der Waals surface area contributed by atoms with E-state index in [1.54, 1.807) is 0 Å². The highest BCUT2D eigenvalue weighted by Crippen LogP contribution is 2.56. The molecule has 0 aromatic heterocycles. The zero-order valence-corrected chi connectivity index (χ0v) is 22.8. The number of carboxylic acids is 1. The van der Waals surface area contributed by atoms with Crippen molar-refractivity contribution in [3.05, 3.63) is 90.5 Å². The van der Waals surface area contributed by atoms with Crippen molar-refractivity contribution >= 4 is 29.1 Å². The fourth-order valence-corrected chi connectivity index (χ4v) is 9.33. The van der Waals surface area contributed by atoms with Gasteiger partial charge in [-0.15, -0.1) is 0 Å². The lowest BCUT2D eigenvalue weighted by atomic mass is 10.1. The van der Waals surface area contributed by atoms with Crippen molar-refractivity contribution in [3.8, 4) is 0 Å². The first-order valence-electron chi connectivity index (χ1n) is 12.0. The molecule has 0 saturated carbocycles. The summed E-state index contributed by atoms with van der Waals surface area (Å²) in [4.78, 5) is 13.1. The van der Waals surface area contributed by atoms with Gasteiger partial charge in [0.1, 0.15) is 23.2 Å². The minimum absolute atomic E-state index is 0. The van der Waals surface area contributed by atoms with Gasteiger partial charge in [0.2, 0.25) is 0 Å². The third kappa shape index (κ3) is 7.50. The van der Waals surface area contributed by atoms with Crippen molar-refractivity contribution in [3.63, 3.8) is 0 Å². The molecule has 34 heavy (non-hydrogen) atoms. The van der Waals surface area contributed by atoms with Crippen molar-refractivity contribution in [2.75, 3.05) is 20.3 Å². The predicted octanol–water partition coefficient (Wildman–Crippen LogP) is 2.47. The molecule has 1 N–H and O–H groups in total. The number of hydrogen-bond donors (Lipinski definition) is 1. The maximum atomic E-state index is 10.8. The molecule has 3 aromatic rings. The highest BCUT2D eigenvalue weighted by atomic mass is 79.9. The minimum atomic E-state index is -1.84. The molecule has 0 amide bonds. The van der Waals surface area contributed by atoms with Gasteiger partial charge in [-0.2, -0.15) is 0 Å². The molecule has 182 valence electrons. The smallest absolute Gasteiger partial charge is 0.303 e. The second kappa shape index (κ2) is 14.4. The predicted molar refractivity (Wildman–Crippen MR) is 143 cm³/mol. The van der Waals surface area contributed by atoms with Gasteiger partial charge in [-0.3, -0.25) is 4.79 Å². The minimum Gasteiger partial charge on any atom is -1.00 e. The number of halogens is 1. The van der Waals surface area contributed by atoms with E-state index in [2.05, 4.69) is 104 Å². The summed E-state index contributed by atoms with van der Waals surface area (Å²) >= 11 is 0. The molecule has 0 radical (unpaired) electrons. The molecule has 0 aliphatic heterocycles. The maximum absolute atomic E-state index is 10.8. The Labute approximate surface area is 216 Å². The summed E-state index contributed by atoms with van der Waals surface area (Å²) in [6.45, 7) is 0.923. The van der Waals surface area contributed by atoms with Crippen molar-refractivity contribution in [1.82, 2.24) is 4.90 Å². The Kier molecular flexibility index (Phi) is 12.0. The Bertz CT molecular complexity index is 956. The molecular weight excluding hydrogens is 505 g/mol. The SMILES string of the molecule is CN(C)Cc1ccccc1[P+](CCCCCCCC(=O)O)(c1ccccc1)c1ccccc1.[Br-]. The van der Waals surface area contributed by atoms with Crippen molar-refractivity contribution in [2.24, 2.45) is 0 Å². The van der Waals surface area contributed by atoms with Crippen LogP contribution in [0.25, 0.3) is 0 Å². The standard InChI is InChI=1S/C29H36NO2P.BrH/c1-30(2)24-25-16-13-14-21-28(25)33(26-17-8-6-9-18-26,27-19-10-7-11-20-27)23-15-5-3-4-12-22-29(31)32;/h6-11,13-14,16-21H,3-5,12,15,22-24H2,1-2H3;1H. The van der Waals surface area contributed by atoms with E-state index >= 15 is 0 Å². The first-order chi connectivity index (χ1) is 16.0. The largest absolute Gasteiger partial charge is 1.00 e. The topological polar surface area (TPSA) is 40.5 Å². The Morgan fingerprint density at radius 2 is 1.24 bits per heavy atom. The number of rotatable bonds is 13. The van der Waals surface area contributed by atoms with Crippen LogP contribution in [0.3, 0.4) is 0 Å². The van der Waals surface area contributed by atoms with E-state index in [4.69, 9.17) is 5.11 Å². The highest BCUT2D eigenvalue weighted by Gasteiger charge is 2.46. The number of carboxylic acid groups (broad SMARTS) is 1. The lowest BCUT2D eigenvalue weighted by Crippen LogP contribution is -3.00. The number of benzene rings is 3. The van der Waals surface area contributed by atoms with Crippen LogP contribution in [0.15, 0.2) is 84.9 Å². The molecule has 3 rings (SSSR count). The molecule has 0 atom stereocenters. The van der Waals surface area contributed by atoms with Gasteiger partial charge in [0.05, 0.1) is 6.16 Å². The van der Waals surface area contributed by atoms with Gasteiger partial charge >= 0.3 is 5.97 Å². The molecular formula is C29H37BrNO2P. The van der Waals surface area contributed by atoms with Gasteiger partial charge in [-0.25, -0.2) is 0 Å². The number of aliphatic carboxylic acids is 1. The van der Waals surface area contributed by atoms with E-state index in [1.807, 2.05) is 0 Å². The van der Waals surface area contributed by atoms with Crippen molar-refractivity contribution < 1.29 is 26.9 Å². The van der Waals surface area contributed by atoms with Gasteiger partial charge in [0.15, 0.2) is 0 Å². The summed E-state index contributed by atoms with van der Waals surface area (Å²) in [5, 5.41) is 13.3. The first kappa shape index (κ1) is 28.2. The van der Waals surface area contributed by atoms with E-state index in [-0.39, 0.29) is 23.4 Å². The van der Waals surface area contributed by atoms with Crippen LogP contribution >= 0.6 is 7.26 Å². The summed E-state index contributed by atoms with van der Waals surface area (Å²) in [5.74, 6) is -0.689. The van der Waals surface area contributed by atoms with Gasteiger partial charge < -0.3 is 27.0 Å². The lowest BCUT2D eigenvalue weighted by molar-refractivity contribution is -0.137. The van der Waals surface area contributed by atoms with E-state index in [9.17, 15) is 4.79 Å². The monoisotopic (exact) mass is 541 g/mol. The first-order valence-corrected chi connectivity index (χ1v) is 14.0. The van der Waals surface area contributed by atoms with Gasteiger partial charge in [0.25, 0.3) is 0 Å². The quantitative estimate of drug-likeness (QED) is 0.267. The van der Waals surface area contributed by atoms with Crippen LogP contribution < -0.4 is 32.9 Å². The third-order valence-corrected chi connectivity index (χ3v) is 10.8. The highest BCUT2D eigenvalue weighted by molar-refractivity contribution is 7.95. The van der Waals surface area contributed by atoms with Crippen LogP contribution in [0.1, 0.15) is 44.1 Å². The lowest BCUT2D eigenvalue weighted by Gasteiger charge is -2.30. The maximum Gasteiger partial charge on any atom is 0.303 e. The zero-order chi connectivity index (χ0) is 23.5. The number of carbonyl (C=O) groups is 1. The van der Waals surface area contributed by atoms with E-state index in [1.165, 1.54) is 21.5 Å². The van der Waals surface area contributed by atoms with Crippen molar-refractivity contribution in [1.29, 1.82) is 0 Å². The molecule has 0 heterocycles. The average molecular weight is 542 g/mol. The molecule has 0 unspecified atom stereocenters. The Balaban J connectivity index is 0.00000408. The molecule has 3 aromatic carbocycles. The summed E-state index contributed by atoms with van der Waals surface area (Å²) in [6.07, 6.45) is 6.55. The molecule has 3 nitrogen and oxygen atoms in total. The third-order valence-electron chi connectivity index (χ3n) is 6.17. The van der Waals surface area contributed by atoms with Crippen molar-refractivity contribution in [2.45, 2.75) is 45.1 Å². The van der Waals surface area contributed by atoms with Gasteiger partial charge in [0, 0.05) is 18.5 Å². The summed E-state index contributed by atoms with van der Waals surface area (Å²) in [7, 11) is 2.44. The Hall–Kier alpha value is -2.00. The molecule has 0 spiro atoms. The number of nitrogens with zero attached hydrogens (tertiary/aromatic N) is 1. The van der Waals surface area contributed by atoms with Gasteiger partial charge in [-0.05, 0) is 63.7 Å². The molecule has 0 fully saturated rings. The fraction of sp³-hybridized carbons (Fsp3) is 0.345. The van der Waals surface area contributed by atoms with E-state index in [0.717, 1.165) is 44.8 Å². The van der Waals surface area contributed by atoms with E-state index in [0.29, 0.717) is 0 Å². The fourth-order valence-electron chi connectivity index (χ4n) is 4.68. The Morgan fingerprint density at radius 3 is 1.79 bits per heavy atom. The molecule has 5 heteroatoms. The number of hydrogen-bond acceptors (Lipinski definition) is 2. The van der Waals surface area contributed by atoms with Crippen LogP contribution in [0.5, 0.6) is 0 Å². The molecule has 0 aliphatic rings. The zero-order valence-electron chi connectivity index (χ0n) is 20.4. The number of unbranched alkanes of at least 4 members (excludes halogenated alkanes) is 4. The van der Waals surface area contributed by atoms with Crippen LogP contribution in [0.4, 0.5) is 0 Å². The summed E-state index contributed by atoms with van der Waals surface area (Å²) < 4.78 is 0. The second-order valence-corrected chi connectivity index (χ2v) is 12.6. The second-order valence-electron chi connectivity index (χ2n) is 8.98. The Morgan fingerprint density at radius 1 is 0.735 bits per heavy atom. The molecule has 0 aliphatic carbocycles. The van der Waals surface area contributed by atoms with Crippen LogP contribution in [0, 0.1) is 0 Å². The summed E-state index contributed by atoms with van der Waals surface area (Å²) in [5.41, 5.74) is 1.41. The van der Waals surface area contributed by atoms with Crippen LogP contribution in [-0.2, 0) is 11.3 Å².